The lowest BCUT2D eigenvalue weighted by Crippen LogP contribution is -2.37. The Bertz CT molecular complexity index is 418. The van der Waals surface area contributed by atoms with Gasteiger partial charge >= 0.3 is 0 Å². The van der Waals surface area contributed by atoms with Gasteiger partial charge in [-0.3, -0.25) is 9.69 Å². The van der Waals surface area contributed by atoms with Crippen molar-refractivity contribution in [2.75, 3.05) is 20.6 Å². The van der Waals surface area contributed by atoms with Crippen molar-refractivity contribution in [3.05, 3.63) is 35.6 Å². The van der Waals surface area contributed by atoms with Crippen LogP contribution >= 0.6 is 0 Å². The molecule has 1 aromatic carbocycles. The van der Waals surface area contributed by atoms with Gasteiger partial charge in [0.05, 0.1) is 0 Å². The average molecular weight is 266 g/mol. The van der Waals surface area contributed by atoms with Crippen molar-refractivity contribution in [2.45, 2.75) is 26.3 Å². The first-order chi connectivity index (χ1) is 8.91. The van der Waals surface area contributed by atoms with Crippen LogP contribution in [0.4, 0.5) is 4.39 Å². The molecule has 0 radical (unpaired) electrons. The normalized spacial score (nSPS) is 12.8. The number of likely N-dealkylation sites (N-methyl/N-ethyl adjacent to an activating group) is 1. The molecular weight excluding hydrogens is 243 g/mol. The Labute approximate surface area is 114 Å². The van der Waals surface area contributed by atoms with Crippen molar-refractivity contribution in [3.8, 4) is 0 Å². The van der Waals surface area contributed by atoms with Crippen LogP contribution in [0.25, 0.3) is 0 Å². The number of nitrogens with one attached hydrogen (secondary N) is 1. The summed E-state index contributed by atoms with van der Waals surface area (Å²) in [6, 6.07) is 5.74. The fraction of sp³-hybridized carbons (Fsp3) is 0.533. The molecule has 0 bridgehead atoms. The zero-order chi connectivity index (χ0) is 14.4. The predicted molar refractivity (Wildman–Crippen MR) is 75.3 cm³/mol. The van der Waals surface area contributed by atoms with Gasteiger partial charge in [0.25, 0.3) is 0 Å². The molecule has 0 fully saturated rings. The lowest BCUT2D eigenvalue weighted by atomic mass is 10.0. The molecule has 0 heterocycles. The molecule has 0 unspecified atom stereocenters. The van der Waals surface area contributed by atoms with Crippen LogP contribution in [0.15, 0.2) is 24.3 Å². The van der Waals surface area contributed by atoms with E-state index in [-0.39, 0.29) is 11.7 Å². The molecule has 0 saturated heterocycles. The molecule has 1 aromatic rings. The van der Waals surface area contributed by atoms with Crippen LogP contribution in [0.3, 0.4) is 0 Å². The number of benzene rings is 1. The molecule has 1 atom stereocenters. The quantitative estimate of drug-likeness (QED) is 0.858. The number of rotatable bonds is 6. The van der Waals surface area contributed by atoms with Crippen molar-refractivity contribution in [3.63, 3.8) is 0 Å². The van der Waals surface area contributed by atoms with Crippen LogP contribution in [-0.4, -0.2) is 31.4 Å². The minimum absolute atomic E-state index is 0.0868. The lowest BCUT2D eigenvalue weighted by molar-refractivity contribution is -0.125. The van der Waals surface area contributed by atoms with Gasteiger partial charge in [0.1, 0.15) is 11.9 Å². The number of carbonyl (C=O) groups is 1. The predicted octanol–water partition coefficient (Wildman–Crippen LogP) is 2.59. The topological polar surface area (TPSA) is 32.3 Å². The molecule has 0 aliphatic carbocycles. The molecule has 3 nitrogen and oxygen atoms in total. The van der Waals surface area contributed by atoms with Crippen molar-refractivity contribution >= 4 is 5.91 Å². The average Bonchev–Trinajstić information content (AvgIpc) is 2.28. The highest BCUT2D eigenvalue weighted by molar-refractivity contribution is 5.83. The zero-order valence-electron chi connectivity index (χ0n) is 12.1. The molecule has 0 spiro atoms. The first kappa shape index (κ1) is 15.6. The fourth-order valence-corrected chi connectivity index (χ4v) is 1.94. The number of hydrogen-bond acceptors (Lipinski definition) is 2. The Morgan fingerprint density at radius 1 is 1.37 bits per heavy atom. The second-order valence-electron chi connectivity index (χ2n) is 5.39. The molecule has 0 aliphatic rings. The maximum Gasteiger partial charge on any atom is 0.241 e. The highest BCUT2D eigenvalue weighted by atomic mass is 19.1. The van der Waals surface area contributed by atoms with E-state index in [1.54, 1.807) is 17.0 Å². The third kappa shape index (κ3) is 4.99. The first-order valence-electron chi connectivity index (χ1n) is 6.61. The van der Waals surface area contributed by atoms with E-state index >= 15 is 0 Å². The van der Waals surface area contributed by atoms with Gasteiger partial charge < -0.3 is 5.32 Å². The molecular formula is C15H23FN2O. The van der Waals surface area contributed by atoms with Gasteiger partial charge in [0.15, 0.2) is 0 Å². The Morgan fingerprint density at radius 3 is 2.58 bits per heavy atom. The second-order valence-corrected chi connectivity index (χ2v) is 5.39. The minimum atomic E-state index is -0.456. The highest BCUT2D eigenvalue weighted by Crippen LogP contribution is 2.19. The first-order valence-corrected chi connectivity index (χ1v) is 6.61. The van der Waals surface area contributed by atoms with Crippen LogP contribution in [0.5, 0.6) is 0 Å². The van der Waals surface area contributed by atoms with Crippen LogP contribution in [0.2, 0.25) is 0 Å². The van der Waals surface area contributed by atoms with Crippen molar-refractivity contribution in [1.82, 2.24) is 10.2 Å². The summed E-state index contributed by atoms with van der Waals surface area (Å²) >= 11 is 0. The Balaban J connectivity index is 2.75. The fourth-order valence-electron chi connectivity index (χ4n) is 1.94. The standard InChI is InChI=1S/C15H23FN2O/c1-11(2)8-9-17-15(19)14(18(3)4)12-6-5-7-13(16)10-12/h5-7,10-11,14H,8-9H2,1-4H3,(H,17,19)/t14-/m1/s1. The second kappa shape index (κ2) is 7.24. The van der Waals surface area contributed by atoms with Crippen molar-refractivity contribution < 1.29 is 9.18 Å². The van der Waals surface area contributed by atoms with Gasteiger partial charge in [0, 0.05) is 6.54 Å². The molecule has 0 aromatic heterocycles. The minimum Gasteiger partial charge on any atom is -0.354 e. The molecule has 1 rings (SSSR count). The molecule has 0 saturated carbocycles. The zero-order valence-corrected chi connectivity index (χ0v) is 12.1. The number of nitrogens with zero attached hydrogens (tertiary/aromatic N) is 1. The largest absolute Gasteiger partial charge is 0.354 e. The third-order valence-corrected chi connectivity index (χ3v) is 2.95. The van der Waals surface area contributed by atoms with Gasteiger partial charge in [-0.1, -0.05) is 26.0 Å². The van der Waals surface area contributed by atoms with Crippen molar-refractivity contribution in [1.29, 1.82) is 0 Å². The van der Waals surface area contributed by atoms with Gasteiger partial charge in [-0.05, 0) is 44.1 Å². The lowest BCUT2D eigenvalue weighted by Gasteiger charge is -2.24. The molecule has 0 aliphatic heterocycles. The van der Waals surface area contributed by atoms with Gasteiger partial charge in [-0.15, -0.1) is 0 Å². The maximum atomic E-state index is 13.3. The van der Waals surface area contributed by atoms with E-state index in [0.29, 0.717) is 18.0 Å². The molecule has 19 heavy (non-hydrogen) atoms. The van der Waals surface area contributed by atoms with E-state index in [1.807, 2.05) is 14.1 Å². The molecule has 4 heteroatoms. The summed E-state index contributed by atoms with van der Waals surface area (Å²) in [6.45, 7) is 4.88. The number of carbonyl (C=O) groups excluding carboxylic acids is 1. The van der Waals surface area contributed by atoms with E-state index < -0.39 is 6.04 Å². The number of halogens is 1. The van der Waals surface area contributed by atoms with Gasteiger partial charge in [0.2, 0.25) is 5.91 Å². The highest BCUT2D eigenvalue weighted by Gasteiger charge is 2.22. The summed E-state index contributed by atoms with van der Waals surface area (Å²) in [7, 11) is 3.63. The monoisotopic (exact) mass is 266 g/mol. The SMILES string of the molecule is CC(C)CCNC(=O)[C@@H](c1cccc(F)c1)N(C)C. The molecule has 106 valence electrons. The Morgan fingerprint density at radius 2 is 2.05 bits per heavy atom. The number of hydrogen-bond donors (Lipinski definition) is 1. The van der Waals surface area contributed by atoms with Gasteiger partial charge in [-0.25, -0.2) is 4.39 Å². The summed E-state index contributed by atoms with van der Waals surface area (Å²) in [6.07, 6.45) is 0.940. The Kier molecular flexibility index (Phi) is 5.96. The van der Waals surface area contributed by atoms with E-state index in [0.717, 1.165) is 6.42 Å². The molecule has 1 N–H and O–H groups in total. The number of amides is 1. The summed E-state index contributed by atoms with van der Waals surface area (Å²) in [5, 5.41) is 2.91. The van der Waals surface area contributed by atoms with Crippen LogP contribution in [0, 0.1) is 11.7 Å². The Hall–Kier alpha value is -1.42. The van der Waals surface area contributed by atoms with E-state index in [2.05, 4.69) is 19.2 Å². The summed E-state index contributed by atoms with van der Waals surface area (Å²) in [5.41, 5.74) is 0.673. The van der Waals surface area contributed by atoms with Crippen LogP contribution < -0.4 is 5.32 Å². The smallest absolute Gasteiger partial charge is 0.241 e. The summed E-state index contributed by atoms with van der Waals surface area (Å²) in [4.78, 5) is 14.0. The van der Waals surface area contributed by atoms with Crippen molar-refractivity contribution in [2.24, 2.45) is 5.92 Å². The summed E-state index contributed by atoms with van der Waals surface area (Å²) in [5.74, 6) is 0.142. The van der Waals surface area contributed by atoms with E-state index in [1.165, 1.54) is 12.1 Å². The van der Waals surface area contributed by atoms with Crippen LogP contribution in [-0.2, 0) is 4.79 Å². The van der Waals surface area contributed by atoms with E-state index in [4.69, 9.17) is 0 Å². The molecule has 1 amide bonds. The third-order valence-electron chi connectivity index (χ3n) is 2.95. The van der Waals surface area contributed by atoms with Crippen LogP contribution in [0.1, 0.15) is 31.9 Å². The summed E-state index contributed by atoms with van der Waals surface area (Å²) < 4.78 is 13.3. The van der Waals surface area contributed by atoms with E-state index in [9.17, 15) is 9.18 Å². The van der Waals surface area contributed by atoms with Gasteiger partial charge in [-0.2, -0.15) is 0 Å². The maximum absolute atomic E-state index is 13.3.